The van der Waals surface area contributed by atoms with Crippen molar-refractivity contribution in [2.45, 2.75) is 52.5 Å². The van der Waals surface area contributed by atoms with Gasteiger partial charge in [-0.1, -0.05) is 44.2 Å². The maximum atomic E-state index is 13.8. The number of carbonyl (C=O) groups excluding carboxylic acids is 3. The molecule has 5 rings (SSSR count). The van der Waals surface area contributed by atoms with Crippen LogP contribution in [-0.2, 0) is 32.3 Å². The number of oxazole rings is 1. The zero-order valence-electron chi connectivity index (χ0n) is 23.2. The first-order chi connectivity index (χ1) is 18.6. The summed E-state index contributed by atoms with van der Waals surface area (Å²) in [6, 6.07) is 8.86. The molecular weight excluding hydrogens is 498 g/mol. The molecule has 1 aromatic heterocycles. The van der Waals surface area contributed by atoms with Gasteiger partial charge in [-0.05, 0) is 24.3 Å². The largest absolute Gasteiger partial charge is 0.447 e. The lowest BCUT2D eigenvalue weighted by molar-refractivity contribution is -0.152. The monoisotopic (exact) mass is 537 g/mol. The van der Waals surface area contributed by atoms with Gasteiger partial charge in [-0.25, -0.2) is 4.98 Å². The third-order valence-electron chi connectivity index (χ3n) is 8.68. The first-order valence-electron chi connectivity index (χ1n) is 13.7. The highest BCUT2D eigenvalue weighted by molar-refractivity contribution is 5.90. The predicted octanol–water partition coefficient (Wildman–Crippen LogP) is 1.82. The van der Waals surface area contributed by atoms with E-state index >= 15 is 0 Å². The Morgan fingerprint density at radius 3 is 2.49 bits per heavy atom. The molecule has 210 valence electrons. The third kappa shape index (κ3) is 5.72. The molecular formula is C29H39N5O5. The Hall–Kier alpha value is -3.24. The molecule has 3 aliphatic rings. The number of hydrogen-bond acceptors (Lipinski definition) is 7. The van der Waals surface area contributed by atoms with Gasteiger partial charge in [0.1, 0.15) is 11.8 Å². The number of likely N-dealkylation sites (N-methyl/N-ethyl adjacent to an activating group) is 1. The van der Waals surface area contributed by atoms with E-state index < -0.39 is 12.1 Å². The highest BCUT2D eigenvalue weighted by Crippen LogP contribution is 2.54. The van der Waals surface area contributed by atoms with E-state index in [9.17, 15) is 14.4 Å². The zero-order valence-corrected chi connectivity index (χ0v) is 23.2. The van der Waals surface area contributed by atoms with Crippen LogP contribution in [0.25, 0.3) is 0 Å². The summed E-state index contributed by atoms with van der Waals surface area (Å²) in [6.45, 7) is 9.14. The number of aromatic nitrogens is 1. The van der Waals surface area contributed by atoms with Gasteiger partial charge in [-0.2, -0.15) is 0 Å². The van der Waals surface area contributed by atoms with Gasteiger partial charge >= 0.3 is 0 Å². The number of carbonyl (C=O) groups is 3. The molecule has 3 amide bonds. The number of amides is 3. The molecule has 0 radical (unpaired) electrons. The second kappa shape index (κ2) is 10.7. The number of nitrogens with zero attached hydrogens (tertiary/aromatic N) is 3. The number of rotatable bonds is 10. The van der Waals surface area contributed by atoms with Crippen molar-refractivity contribution in [1.82, 2.24) is 25.4 Å². The lowest BCUT2D eigenvalue weighted by atomic mass is 9.70. The van der Waals surface area contributed by atoms with Crippen molar-refractivity contribution in [2.24, 2.45) is 22.7 Å². The van der Waals surface area contributed by atoms with E-state index in [4.69, 9.17) is 9.15 Å². The van der Waals surface area contributed by atoms with Crippen LogP contribution >= 0.6 is 0 Å². The molecule has 2 N–H and O–H groups in total. The van der Waals surface area contributed by atoms with Crippen LogP contribution in [0.4, 0.5) is 0 Å². The zero-order chi connectivity index (χ0) is 27.8. The smallest absolute Gasteiger partial charge is 0.245 e. The summed E-state index contributed by atoms with van der Waals surface area (Å²) in [7, 11) is 1.55. The van der Waals surface area contributed by atoms with Crippen molar-refractivity contribution >= 4 is 17.7 Å². The van der Waals surface area contributed by atoms with Crippen molar-refractivity contribution < 1.29 is 23.5 Å². The van der Waals surface area contributed by atoms with Crippen LogP contribution < -0.4 is 10.6 Å². The number of hydrogen-bond donors (Lipinski definition) is 2. The Kier molecular flexibility index (Phi) is 7.52. The molecule has 2 aromatic rings. The second-order valence-corrected chi connectivity index (χ2v) is 12.1. The van der Waals surface area contributed by atoms with Crippen LogP contribution in [0.3, 0.4) is 0 Å². The summed E-state index contributed by atoms with van der Waals surface area (Å²) in [4.78, 5) is 47.8. The van der Waals surface area contributed by atoms with Crippen LogP contribution in [0.1, 0.15) is 38.5 Å². The summed E-state index contributed by atoms with van der Waals surface area (Å²) < 4.78 is 11.5. The molecule has 1 saturated carbocycles. The van der Waals surface area contributed by atoms with E-state index in [-0.39, 0.29) is 40.4 Å². The standard InChI is InChI=1S/C29H39N5O5/c1-19(38-14-20-8-6-5-7-9-20)24(26(36)30-4)32-25(35)23-13-33(12-21-11-31-18-39-21)15-29(23)16-34(17-29)27(37)22-10-28(22,2)3/h5-9,11,18-19,22-24H,10,12-17H2,1-4H3,(H,30,36)(H,32,35)/t19-,22-,23?,24+/m1/s1. The second-order valence-electron chi connectivity index (χ2n) is 12.1. The van der Waals surface area contributed by atoms with Crippen molar-refractivity contribution in [1.29, 1.82) is 0 Å². The predicted molar refractivity (Wildman–Crippen MR) is 143 cm³/mol. The minimum atomic E-state index is -0.850. The number of likely N-dealkylation sites (tertiary alicyclic amines) is 2. The van der Waals surface area contributed by atoms with Crippen LogP contribution in [0.2, 0.25) is 0 Å². The summed E-state index contributed by atoms with van der Waals surface area (Å²) in [5.74, 6) is 0.0850. The van der Waals surface area contributed by atoms with Crippen molar-refractivity contribution in [3.8, 4) is 0 Å². The van der Waals surface area contributed by atoms with Gasteiger partial charge in [0.05, 0.1) is 31.4 Å². The highest BCUT2D eigenvalue weighted by atomic mass is 16.5. The Labute approximate surface area is 229 Å². The highest BCUT2D eigenvalue weighted by Gasteiger charge is 2.61. The fourth-order valence-corrected chi connectivity index (χ4v) is 6.10. The van der Waals surface area contributed by atoms with Gasteiger partial charge in [0.25, 0.3) is 0 Å². The normalized spacial score (nSPS) is 24.6. The molecule has 1 aromatic carbocycles. The molecule has 2 aliphatic heterocycles. The maximum absolute atomic E-state index is 13.8. The molecule has 10 nitrogen and oxygen atoms in total. The van der Waals surface area contributed by atoms with Gasteiger partial charge < -0.3 is 24.7 Å². The van der Waals surface area contributed by atoms with Crippen molar-refractivity contribution in [2.75, 3.05) is 33.2 Å². The minimum Gasteiger partial charge on any atom is -0.447 e. The van der Waals surface area contributed by atoms with Gasteiger partial charge in [0.15, 0.2) is 6.39 Å². The van der Waals surface area contributed by atoms with Gasteiger partial charge in [0, 0.05) is 44.6 Å². The van der Waals surface area contributed by atoms with Gasteiger partial charge in [-0.3, -0.25) is 19.3 Å². The lowest BCUT2D eigenvalue weighted by Crippen LogP contribution is -2.65. The molecule has 2 saturated heterocycles. The van der Waals surface area contributed by atoms with Gasteiger partial charge in [-0.15, -0.1) is 0 Å². The summed E-state index contributed by atoms with van der Waals surface area (Å²) in [6.07, 6.45) is 3.44. The third-order valence-corrected chi connectivity index (χ3v) is 8.68. The summed E-state index contributed by atoms with van der Waals surface area (Å²) >= 11 is 0. The topological polar surface area (TPSA) is 117 Å². The van der Waals surface area contributed by atoms with Crippen LogP contribution in [0, 0.1) is 22.7 Å². The Balaban J connectivity index is 1.28. The molecule has 3 fully saturated rings. The van der Waals surface area contributed by atoms with E-state index in [1.165, 1.54) is 6.39 Å². The van der Waals surface area contributed by atoms with E-state index in [0.717, 1.165) is 17.7 Å². The molecule has 3 heterocycles. The number of benzene rings is 1. The van der Waals surface area contributed by atoms with Crippen molar-refractivity contribution in [3.63, 3.8) is 0 Å². The number of nitrogens with one attached hydrogen (secondary N) is 2. The Morgan fingerprint density at radius 1 is 1.15 bits per heavy atom. The van der Waals surface area contributed by atoms with E-state index in [1.54, 1.807) is 20.2 Å². The van der Waals surface area contributed by atoms with Crippen LogP contribution in [0.5, 0.6) is 0 Å². The van der Waals surface area contributed by atoms with E-state index in [1.807, 2.05) is 35.2 Å². The molecule has 1 spiro atoms. The van der Waals surface area contributed by atoms with Gasteiger partial charge in [0.2, 0.25) is 17.7 Å². The molecule has 4 atom stereocenters. The summed E-state index contributed by atoms with van der Waals surface area (Å²) in [5, 5.41) is 5.66. The molecule has 10 heteroatoms. The number of ether oxygens (including phenoxy) is 1. The SMILES string of the molecule is CNC(=O)[C@@H](NC(=O)C1CN(Cc2cnco2)CC12CN(C(=O)[C@H]1CC1(C)C)C2)[C@@H](C)OCc1ccccc1. The first kappa shape index (κ1) is 27.3. The average molecular weight is 538 g/mol. The van der Waals surface area contributed by atoms with Crippen LogP contribution in [-0.4, -0.2) is 77.9 Å². The first-order valence-corrected chi connectivity index (χ1v) is 13.7. The fourth-order valence-electron chi connectivity index (χ4n) is 6.10. The minimum absolute atomic E-state index is 0.0568. The Morgan fingerprint density at radius 2 is 1.87 bits per heavy atom. The van der Waals surface area contributed by atoms with E-state index in [0.29, 0.717) is 39.3 Å². The molecule has 0 bridgehead atoms. The van der Waals surface area contributed by atoms with E-state index in [2.05, 4.69) is 34.4 Å². The molecule has 1 unspecified atom stereocenters. The summed E-state index contributed by atoms with van der Waals surface area (Å²) in [5.41, 5.74) is 0.670. The average Bonchev–Trinajstić information content (AvgIpc) is 3.23. The van der Waals surface area contributed by atoms with Crippen LogP contribution in [0.15, 0.2) is 47.3 Å². The quantitative estimate of drug-likeness (QED) is 0.475. The fraction of sp³-hybridized carbons (Fsp3) is 0.586. The molecule has 1 aliphatic carbocycles. The Bertz CT molecular complexity index is 1180. The lowest BCUT2D eigenvalue weighted by Gasteiger charge is -2.51. The molecule has 39 heavy (non-hydrogen) atoms. The maximum Gasteiger partial charge on any atom is 0.245 e. The van der Waals surface area contributed by atoms with Crippen molar-refractivity contribution in [3.05, 3.63) is 54.2 Å².